The second-order valence-electron chi connectivity index (χ2n) is 6.31. The second-order valence-corrected chi connectivity index (χ2v) is 6.31. The molecule has 154 valence electrons. The molecule has 0 saturated carbocycles. The molecular weight excluding hydrogens is 386 g/mol. The highest BCUT2D eigenvalue weighted by Crippen LogP contribution is 2.28. The van der Waals surface area contributed by atoms with Crippen molar-refractivity contribution in [2.24, 2.45) is 10.8 Å². The van der Waals surface area contributed by atoms with Gasteiger partial charge in [0.15, 0.2) is 18.1 Å². The molecule has 4 N–H and O–H groups in total. The van der Waals surface area contributed by atoms with E-state index in [0.29, 0.717) is 23.7 Å². The van der Waals surface area contributed by atoms with Crippen molar-refractivity contribution in [3.8, 4) is 17.2 Å². The molecule has 8 heteroatoms. The van der Waals surface area contributed by atoms with Gasteiger partial charge in [0.2, 0.25) is 0 Å². The van der Waals surface area contributed by atoms with Crippen LogP contribution in [-0.2, 0) is 4.79 Å². The van der Waals surface area contributed by atoms with E-state index in [2.05, 4.69) is 10.5 Å². The molecule has 0 saturated heterocycles. The summed E-state index contributed by atoms with van der Waals surface area (Å²) in [7, 11) is 0. The summed E-state index contributed by atoms with van der Waals surface area (Å²) in [6.45, 7) is 1.94. The van der Waals surface area contributed by atoms with Gasteiger partial charge in [-0.3, -0.25) is 9.59 Å². The first-order valence-corrected chi connectivity index (χ1v) is 9.21. The van der Waals surface area contributed by atoms with Gasteiger partial charge in [0.25, 0.3) is 11.8 Å². The van der Waals surface area contributed by atoms with E-state index in [1.54, 1.807) is 24.3 Å². The Balaban J connectivity index is 1.72. The third-order valence-corrected chi connectivity index (χ3v) is 4.13. The maximum Gasteiger partial charge on any atom is 0.275 e. The van der Waals surface area contributed by atoms with E-state index in [-0.39, 0.29) is 17.9 Å². The van der Waals surface area contributed by atoms with E-state index in [9.17, 15) is 14.7 Å². The number of aromatic hydroxyl groups is 1. The van der Waals surface area contributed by atoms with Crippen molar-refractivity contribution < 1.29 is 24.2 Å². The first-order chi connectivity index (χ1) is 14.5. The van der Waals surface area contributed by atoms with E-state index in [1.165, 1.54) is 12.3 Å². The number of hydrazone groups is 1. The molecule has 0 aliphatic rings. The number of rotatable bonds is 8. The minimum absolute atomic E-state index is 0.121. The van der Waals surface area contributed by atoms with Gasteiger partial charge >= 0.3 is 0 Å². The van der Waals surface area contributed by atoms with Crippen LogP contribution < -0.4 is 20.6 Å². The number of carbonyl (C=O) groups excluding carboxylic acids is 2. The Morgan fingerprint density at radius 2 is 1.80 bits per heavy atom. The summed E-state index contributed by atoms with van der Waals surface area (Å²) >= 11 is 0. The molecule has 3 aromatic rings. The zero-order chi connectivity index (χ0) is 21.5. The fourth-order valence-electron chi connectivity index (χ4n) is 2.78. The van der Waals surface area contributed by atoms with Gasteiger partial charge in [0.05, 0.1) is 18.4 Å². The van der Waals surface area contributed by atoms with Crippen molar-refractivity contribution >= 4 is 28.8 Å². The van der Waals surface area contributed by atoms with Gasteiger partial charge in [0, 0.05) is 0 Å². The number of nitrogens with zero attached hydrogens (tertiary/aromatic N) is 1. The van der Waals surface area contributed by atoms with Crippen LogP contribution in [0.4, 0.5) is 0 Å². The Kier molecular flexibility index (Phi) is 6.49. The number of carbonyl (C=O) groups is 2. The van der Waals surface area contributed by atoms with Gasteiger partial charge < -0.3 is 20.3 Å². The van der Waals surface area contributed by atoms with Gasteiger partial charge in [0.1, 0.15) is 5.75 Å². The molecule has 0 radical (unpaired) electrons. The highest BCUT2D eigenvalue weighted by molar-refractivity contribution is 6.01. The van der Waals surface area contributed by atoms with Crippen LogP contribution in [0.5, 0.6) is 17.2 Å². The third kappa shape index (κ3) is 5.05. The number of hydrogen-bond donors (Lipinski definition) is 3. The Morgan fingerprint density at radius 3 is 2.50 bits per heavy atom. The minimum atomic E-state index is -0.595. The van der Waals surface area contributed by atoms with Gasteiger partial charge in [-0.2, -0.15) is 5.10 Å². The second kappa shape index (κ2) is 9.42. The maximum atomic E-state index is 12.4. The molecule has 0 aliphatic carbocycles. The quantitative estimate of drug-likeness (QED) is 0.391. The molecule has 2 amide bonds. The van der Waals surface area contributed by atoms with E-state index in [0.717, 1.165) is 10.8 Å². The molecule has 30 heavy (non-hydrogen) atoms. The molecular formula is C22H21N3O5. The molecule has 0 spiro atoms. The number of primary amides is 1. The predicted molar refractivity (Wildman–Crippen MR) is 113 cm³/mol. The number of benzene rings is 3. The lowest BCUT2D eigenvalue weighted by Crippen LogP contribution is -2.20. The molecule has 0 heterocycles. The Bertz CT molecular complexity index is 1110. The summed E-state index contributed by atoms with van der Waals surface area (Å²) < 4.78 is 10.8. The van der Waals surface area contributed by atoms with Crippen LogP contribution in [0.25, 0.3) is 10.8 Å². The average molecular weight is 407 g/mol. The Hall–Kier alpha value is -4.07. The topological polar surface area (TPSA) is 123 Å². The van der Waals surface area contributed by atoms with Crippen LogP contribution in [0.2, 0.25) is 0 Å². The van der Waals surface area contributed by atoms with Crippen LogP contribution in [0.15, 0.2) is 59.7 Å². The molecule has 0 bridgehead atoms. The van der Waals surface area contributed by atoms with E-state index < -0.39 is 11.8 Å². The monoisotopic (exact) mass is 407 g/mol. The van der Waals surface area contributed by atoms with Gasteiger partial charge in [-0.05, 0) is 53.6 Å². The SMILES string of the molecule is CCOc1cc(/C=N\NC(=O)c2cc3ccccc3cc2O)ccc1OCC(N)=O. The predicted octanol–water partition coefficient (Wildman–Crippen LogP) is 2.57. The number of nitrogens with two attached hydrogens (primary N) is 1. The standard InChI is InChI=1S/C22H21N3O5/c1-2-29-20-9-14(7-8-19(20)30-13-21(23)27)12-24-25-22(28)17-10-15-5-3-4-6-16(15)11-18(17)26/h3-12,26H,2,13H2,1H3,(H2,23,27)(H,25,28)/b24-12-. The van der Waals surface area contributed by atoms with E-state index in [4.69, 9.17) is 15.2 Å². The summed E-state index contributed by atoms with van der Waals surface area (Å²) in [6.07, 6.45) is 1.43. The molecule has 8 nitrogen and oxygen atoms in total. The van der Waals surface area contributed by atoms with Gasteiger partial charge in [-0.15, -0.1) is 0 Å². The normalized spacial score (nSPS) is 10.8. The number of nitrogens with one attached hydrogen (secondary N) is 1. The van der Waals surface area contributed by atoms with Crippen molar-refractivity contribution in [2.45, 2.75) is 6.92 Å². The average Bonchev–Trinajstić information content (AvgIpc) is 2.72. The molecule has 0 unspecified atom stereocenters. The lowest BCUT2D eigenvalue weighted by atomic mass is 10.1. The molecule has 0 aromatic heterocycles. The summed E-state index contributed by atoms with van der Waals surface area (Å²) in [5.41, 5.74) is 8.24. The maximum absolute atomic E-state index is 12.4. The Morgan fingerprint density at radius 1 is 1.07 bits per heavy atom. The highest BCUT2D eigenvalue weighted by atomic mass is 16.5. The Labute approximate surface area is 172 Å². The minimum Gasteiger partial charge on any atom is -0.507 e. The van der Waals surface area contributed by atoms with Gasteiger partial charge in [-0.1, -0.05) is 24.3 Å². The summed E-state index contributed by atoms with van der Waals surface area (Å²) in [5, 5.41) is 15.7. The number of hydrogen-bond acceptors (Lipinski definition) is 6. The summed E-state index contributed by atoms with van der Waals surface area (Å²) in [5.74, 6) is -0.473. The first kappa shape index (κ1) is 20.7. The fourth-order valence-corrected chi connectivity index (χ4v) is 2.78. The zero-order valence-corrected chi connectivity index (χ0v) is 16.3. The van der Waals surface area contributed by atoms with Crippen molar-refractivity contribution in [1.29, 1.82) is 0 Å². The fraction of sp³-hybridized carbons (Fsp3) is 0.136. The molecule has 3 rings (SSSR count). The zero-order valence-electron chi connectivity index (χ0n) is 16.3. The third-order valence-electron chi connectivity index (χ3n) is 4.13. The number of amides is 2. The van der Waals surface area contributed by atoms with Crippen molar-refractivity contribution in [3.05, 3.63) is 65.7 Å². The van der Waals surface area contributed by atoms with E-state index in [1.807, 2.05) is 31.2 Å². The van der Waals surface area contributed by atoms with E-state index >= 15 is 0 Å². The largest absolute Gasteiger partial charge is 0.507 e. The molecule has 3 aromatic carbocycles. The van der Waals surface area contributed by atoms with Crippen molar-refractivity contribution in [3.63, 3.8) is 0 Å². The van der Waals surface area contributed by atoms with Crippen LogP contribution in [-0.4, -0.2) is 36.3 Å². The molecule has 0 aliphatic heterocycles. The van der Waals surface area contributed by atoms with Crippen molar-refractivity contribution in [1.82, 2.24) is 5.43 Å². The number of phenols is 1. The van der Waals surface area contributed by atoms with Crippen LogP contribution in [0, 0.1) is 0 Å². The number of phenolic OH excluding ortho intramolecular Hbond substituents is 1. The summed E-state index contributed by atoms with van der Waals surface area (Å²) in [6, 6.07) is 15.5. The lowest BCUT2D eigenvalue weighted by molar-refractivity contribution is -0.119. The summed E-state index contributed by atoms with van der Waals surface area (Å²) in [4.78, 5) is 23.3. The molecule has 0 fully saturated rings. The van der Waals surface area contributed by atoms with Crippen LogP contribution in [0.3, 0.4) is 0 Å². The highest BCUT2D eigenvalue weighted by Gasteiger charge is 2.12. The molecule has 0 atom stereocenters. The van der Waals surface area contributed by atoms with Crippen LogP contribution in [0.1, 0.15) is 22.8 Å². The number of ether oxygens (including phenoxy) is 2. The first-order valence-electron chi connectivity index (χ1n) is 9.21. The smallest absolute Gasteiger partial charge is 0.275 e. The van der Waals surface area contributed by atoms with Crippen molar-refractivity contribution in [2.75, 3.05) is 13.2 Å². The number of fused-ring (bicyclic) bond motifs is 1. The van der Waals surface area contributed by atoms with Crippen LogP contribution >= 0.6 is 0 Å². The lowest BCUT2D eigenvalue weighted by Gasteiger charge is -2.11. The van der Waals surface area contributed by atoms with Gasteiger partial charge in [-0.25, -0.2) is 5.43 Å².